The molecule has 0 aliphatic carbocycles. The summed E-state index contributed by atoms with van der Waals surface area (Å²) in [5.41, 5.74) is 0.720. The van der Waals surface area contributed by atoms with Crippen LogP contribution in [0.1, 0.15) is 11.4 Å². The van der Waals surface area contributed by atoms with Gasteiger partial charge >= 0.3 is 0 Å². The predicted octanol–water partition coefficient (Wildman–Crippen LogP) is 1.39. The third-order valence-corrected chi connectivity index (χ3v) is 3.50. The summed E-state index contributed by atoms with van der Waals surface area (Å²) in [6.45, 7) is 1.66. The molecule has 6 nitrogen and oxygen atoms in total. The van der Waals surface area contributed by atoms with E-state index < -0.39 is 10.0 Å². The SMILES string of the molecule is Cc1ncc(S(=O)(=O)Nc2cccc(C#N)c2)[nH]1. The molecule has 2 rings (SSSR count). The van der Waals surface area contributed by atoms with Crippen molar-refractivity contribution in [1.29, 1.82) is 5.26 Å². The molecule has 92 valence electrons. The molecule has 0 unspecified atom stereocenters. The van der Waals surface area contributed by atoms with Crippen LogP contribution in [0.5, 0.6) is 0 Å². The Morgan fingerprint density at radius 2 is 2.22 bits per heavy atom. The van der Waals surface area contributed by atoms with E-state index >= 15 is 0 Å². The van der Waals surface area contributed by atoms with E-state index in [0.29, 0.717) is 17.1 Å². The number of aryl methyl sites for hydroxylation is 1. The fourth-order valence-corrected chi connectivity index (χ4v) is 2.42. The maximum absolute atomic E-state index is 11.9. The second-order valence-electron chi connectivity index (χ2n) is 3.63. The largest absolute Gasteiger partial charge is 0.332 e. The fraction of sp³-hybridized carbons (Fsp3) is 0.0909. The standard InChI is InChI=1S/C11H10N4O2S/c1-8-13-7-11(14-8)18(16,17)15-10-4-2-3-9(5-10)6-12/h2-5,7,15H,1H3,(H,13,14). The first-order chi connectivity index (χ1) is 8.51. The van der Waals surface area contributed by atoms with Crippen LogP contribution in [-0.4, -0.2) is 18.4 Å². The molecule has 0 saturated heterocycles. The van der Waals surface area contributed by atoms with Gasteiger partial charge in [0, 0.05) is 0 Å². The van der Waals surface area contributed by atoms with E-state index in [1.165, 1.54) is 12.3 Å². The smallest absolute Gasteiger partial charge is 0.278 e. The van der Waals surface area contributed by atoms with E-state index in [9.17, 15) is 8.42 Å². The lowest BCUT2D eigenvalue weighted by Gasteiger charge is -2.05. The number of nitriles is 1. The molecule has 0 atom stereocenters. The number of aromatic amines is 1. The summed E-state index contributed by atoms with van der Waals surface area (Å²) >= 11 is 0. The number of hydrogen-bond donors (Lipinski definition) is 2. The van der Waals surface area contributed by atoms with Crippen molar-refractivity contribution < 1.29 is 8.42 Å². The highest BCUT2D eigenvalue weighted by Gasteiger charge is 2.16. The number of nitrogens with one attached hydrogen (secondary N) is 2. The maximum atomic E-state index is 11.9. The maximum Gasteiger partial charge on any atom is 0.278 e. The van der Waals surface area contributed by atoms with E-state index in [-0.39, 0.29) is 5.03 Å². The van der Waals surface area contributed by atoms with Gasteiger partial charge in [-0.15, -0.1) is 0 Å². The molecule has 0 bridgehead atoms. The highest BCUT2D eigenvalue weighted by molar-refractivity contribution is 7.92. The van der Waals surface area contributed by atoms with Crippen LogP contribution in [0.2, 0.25) is 0 Å². The second-order valence-corrected chi connectivity index (χ2v) is 5.28. The summed E-state index contributed by atoms with van der Waals surface area (Å²) in [5.74, 6) is 0.515. The zero-order chi connectivity index (χ0) is 13.2. The Kier molecular flexibility index (Phi) is 3.04. The first-order valence-corrected chi connectivity index (χ1v) is 6.54. The number of nitrogens with zero attached hydrogens (tertiary/aromatic N) is 2. The van der Waals surface area contributed by atoms with Gasteiger partial charge in [-0.3, -0.25) is 4.72 Å². The molecule has 2 N–H and O–H groups in total. The summed E-state index contributed by atoms with van der Waals surface area (Å²) in [6, 6.07) is 8.17. The Balaban J connectivity index is 2.31. The average Bonchev–Trinajstić information content (AvgIpc) is 2.76. The molecular formula is C11H10N4O2S. The highest BCUT2D eigenvalue weighted by atomic mass is 32.2. The second kappa shape index (κ2) is 4.50. The molecule has 7 heteroatoms. The molecule has 0 aliphatic rings. The fourth-order valence-electron chi connectivity index (χ4n) is 1.40. The lowest BCUT2D eigenvalue weighted by Crippen LogP contribution is -2.13. The van der Waals surface area contributed by atoms with Crippen molar-refractivity contribution in [1.82, 2.24) is 9.97 Å². The summed E-state index contributed by atoms with van der Waals surface area (Å²) in [7, 11) is -3.69. The van der Waals surface area contributed by atoms with Gasteiger partial charge in [0.15, 0.2) is 5.03 Å². The van der Waals surface area contributed by atoms with Crippen LogP contribution < -0.4 is 4.72 Å². The van der Waals surface area contributed by atoms with Gasteiger partial charge in [-0.1, -0.05) is 6.07 Å². The van der Waals surface area contributed by atoms with Crippen molar-refractivity contribution in [2.75, 3.05) is 4.72 Å². The quantitative estimate of drug-likeness (QED) is 0.873. The van der Waals surface area contributed by atoms with E-state index in [4.69, 9.17) is 5.26 Å². The first-order valence-electron chi connectivity index (χ1n) is 5.06. The van der Waals surface area contributed by atoms with Crippen molar-refractivity contribution in [3.8, 4) is 6.07 Å². The van der Waals surface area contributed by atoms with Gasteiger partial charge in [0.05, 0.1) is 23.5 Å². The summed E-state index contributed by atoms with van der Waals surface area (Å²) < 4.78 is 26.3. The first kappa shape index (κ1) is 12.1. The van der Waals surface area contributed by atoms with Gasteiger partial charge in [0.25, 0.3) is 10.0 Å². The van der Waals surface area contributed by atoms with Crippen molar-refractivity contribution >= 4 is 15.7 Å². The molecule has 0 amide bonds. The molecule has 0 spiro atoms. The molecule has 0 radical (unpaired) electrons. The number of imidazole rings is 1. The minimum atomic E-state index is -3.69. The van der Waals surface area contributed by atoms with Crippen LogP contribution in [-0.2, 0) is 10.0 Å². The number of rotatable bonds is 3. The number of aromatic nitrogens is 2. The number of H-pyrrole nitrogens is 1. The third-order valence-electron chi connectivity index (χ3n) is 2.21. The van der Waals surface area contributed by atoms with Gasteiger partial charge in [0.1, 0.15) is 5.82 Å². The Morgan fingerprint density at radius 3 is 2.83 bits per heavy atom. The molecule has 0 fully saturated rings. The Hall–Kier alpha value is -2.33. The summed E-state index contributed by atoms with van der Waals surface area (Å²) in [4.78, 5) is 6.47. The number of hydrogen-bond acceptors (Lipinski definition) is 4. The van der Waals surface area contributed by atoms with Gasteiger partial charge < -0.3 is 4.98 Å². The molecule has 1 aromatic carbocycles. The van der Waals surface area contributed by atoms with Crippen LogP contribution in [0, 0.1) is 18.3 Å². The number of benzene rings is 1. The Labute approximate surface area is 104 Å². The van der Waals surface area contributed by atoms with Gasteiger partial charge in [0.2, 0.25) is 0 Å². The molecule has 0 saturated carbocycles. The van der Waals surface area contributed by atoms with Crippen LogP contribution in [0.25, 0.3) is 0 Å². The van der Waals surface area contributed by atoms with Gasteiger partial charge in [-0.05, 0) is 25.1 Å². The minimum absolute atomic E-state index is 0.0117. The van der Waals surface area contributed by atoms with Crippen LogP contribution in [0.3, 0.4) is 0 Å². The molecule has 1 aromatic heterocycles. The molecule has 2 aromatic rings. The van der Waals surface area contributed by atoms with Crippen molar-refractivity contribution in [2.24, 2.45) is 0 Å². The van der Waals surface area contributed by atoms with E-state index in [2.05, 4.69) is 14.7 Å². The Morgan fingerprint density at radius 1 is 1.44 bits per heavy atom. The minimum Gasteiger partial charge on any atom is -0.332 e. The monoisotopic (exact) mass is 262 g/mol. The normalized spacial score (nSPS) is 10.9. The average molecular weight is 262 g/mol. The van der Waals surface area contributed by atoms with Crippen molar-refractivity contribution in [2.45, 2.75) is 11.9 Å². The number of sulfonamides is 1. The lowest BCUT2D eigenvalue weighted by molar-refractivity contribution is 0.598. The van der Waals surface area contributed by atoms with E-state index in [1.54, 1.807) is 25.1 Å². The molecule has 1 heterocycles. The highest BCUT2D eigenvalue weighted by Crippen LogP contribution is 2.15. The van der Waals surface area contributed by atoms with Crippen LogP contribution >= 0.6 is 0 Å². The zero-order valence-electron chi connectivity index (χ0n) is 9.51. The third kappa shape index (κ3) is 2.49. The van der Waals surface area contributed by atoms with Crippen molar-refractivity contribution in [3.05, 3.63) is 41.9 Å². The Bertz CT molecular complexity index is 713. The van der Waals surface area contributed by atoms with E-state index in [1.807, 2.05) is 6.07 Å². The summed E-state index contributed by atoms with van der Waals surface area (Å²) in [6.07, 6.45) is 1.24. The zero-order valence-corrected chi connectivity index (χ0v) is 10.3. The number of anilines is 1. The predicted molar refractivity (Wildman–Crippen MR) is 65.3 cm³/mol. The van der Waals surface area contributed by atoms with Gasteiger partial charge in [-0.2, -0.15) is 13.7 Å². The summed E-state index contributed by atoms with van der Waals surface area (Å²) in [5, 5.41) is 8.73. The van der Waals surface area contributed by atoms with E-state index in [0.717, 1.165) is 0 Å². The lowest BCUT2D eigenvalue weighted by atomic mass is 10.2. The topological polar surface area (TPSA) is 98.6 Å². The van der Waals surface area contributed by atoms with Crippen LogP contribution in [0.15, 0.2) is 35.5 Å². The van der Waals surface area contributed by atoms with Crippen LogP contribution in [0.4, 0.5) is 5.69 Å². The molecule has 0 aliphatic heterocycles. The molecule has 18 heavy (non-hydrogen) atoms. The van der Waals surface area contributed by atoms with Gasteiger partial charge in [-0.25, -0.2) is 4.98 Å². The molecular weight excluding hydrogens is 252 g/mol. The van der Waals surface area contributed by atoms with Crippen molar-refractivity contribution in [3.63, 3.8) is 0 Å².